The summed E-state index contributed by atoms with van der Waals surface area (Å²) in [7, 11) is 2.92. The van der Waals surface area contributed by atoms with Crippen molar-refractivity contribution in [1.29, 1.82) is 0 Å². The fraction of sp³-hybridized carbons (Fsp3) is 0.500. The van der Waals surface area contributed by atoms with E-state index in [1.54, 1.807) is 20.1 Å². The van der Waals surface area contributed by atoms with Crippen LogP contribution in [0.3, 0.4) is 0 Å². The minimum absolute atomic E-state index is 0.317. The third kappa shape index (κ3) is 2.66. The smallest absolute Gasteiger partial charge is 0.177 e. The highest BCUT2D eigenvalue weighted by Gasteiger charge is 2.27. The lowest BCUT2D eigenvalue weighted by molar-refractivity contribution is 0.0745. The van der Waals surface area contributed by atoms with Gasteiger partial charge in [-0.2, -0.15) is 0 Å². The number of halogens is 1. The van der Waals surface area contributed by atoms with Crippen LogP contribution in [0.1, 0.15) is 19.4 Å². The molecule has 0 bridgehead atoms. The standard InChI is InChI=1S/C12H17FO3S/c1-12(2,14)7-6-8(13)11(17-5)10(16-4)9(7)15-3/h6,14H,1-5H3. The summed E-state index contributed by atoms with van der Waals surface area (Å²) >= 11 is 1.23. The first kappa shape index (κ1) is 14.1. The van der Waals surface area contributed by atoms with Crippen molar-refractivity contribution in [3.05, 3.63) is 17.4 Å². The molecule has 0 fully saturated rings. The van der Waals surface area contributed by atoms with Crippen LogP contribution in [-0.4, -0.2) is 25.6 Å². The Balaban J connectivity index is 3.59. The summed E-state index contributed by atoms with van der Waals surface area (Å²) < 4.78 is 24.3. The van der Waals surface area contributed by atoms with Crippen LogP contribution >= 0.6 is 11.8 Å². The van der Waals surface area contributed by atoms with E-state index in [-0.39, 0.29) is 0 Å². The first-order chi connectivity index (χ1) is 7.86. The van der Waals surface area contributed by atoms with Crippen molar-refractivity contribution >= 4 is 11.8 Å². The highest BCUT2D eigenvalue weighted by Crippen LogP contribution is 2.44. The van der Waals surface area contributed by atoms with Gasteiger partial charge in [0.1, 0.15) is 5.82 Å². The van der Waals surface area contributed by atoms with E-state index >= 15 is 0 Å². The normalized spacial score (nSPS) is 11.5. The highest BCUT2D eigenvalue weighted by atomic mass is 32.2. The zero-order chi connectivity index (χ0) is 13.2. The molecule has 0 unspecified atom stereocenters. The molecule has 96 valence electrons. The lowest BCUT2D eigenvalue weighted by Crippen LogP contribution is -2.18. The van der Waals surface area contributed by atoms with Crippen LogP contribution in [0, 0.1) is 5.82 Å². The van der Waals surface area contributed by atoms with Gasteiger partial charge in [0, 0.05) is 5.56 Å². The monoisotopic (exact) mass is 260 g/mol. The van der Waals surface area contributed by atoms with E-state index < -0.39 is 11.4 Å². The summed E-state index contributed by atoms with van der Waals surface area (Å²) in [6.45, 7) is 3.14. The zero-order valence-electron chi connectivity index (χ0n) is 10.6. The predicted molar refractivity (Wildman–Crippen MR) is 66.5 cm³/mol. The number of hydrogen-bond acceptors (Lipinski definition) is 4. The van der Waals surface area contributed by atoms with Gasteiger partial charge < -0.3 is 14.6 Å². The fourth-order valence-corrected chi connectivity index (χ4v) is 2.24. The SMILES string of the molecule is COc1c(C(C)(C)O)cc(F)c(SC)c1OC. The summed E-state index contributed by atoms with van der Waals surface area (Å²) in [5.41, 5.74) is -0.830. The number of thioether (sulfide) groups is 1. The van der Waals surface area contributed by atoms with Crippen LogP contribution in [-0.2, 0) is 5.60 Å². The van der Waals surface area contributed by atoms with Gasteiger partial charge in [-0.15, -0.1) is 11.8 Å². The number of aliphatic hydroxyl groups is 1. The van der Waals surface area contributed by atoms with Gasteiger partial charge in [0.15, 0.2) is 11.5 Å². The Morgan fingerprint density at radius 3 is 2.12 bits per heavy atom. The summed E-state index contributed by atoms with van der Waals surface area (Å²) in [5, 5.41) is 10.00. The van der Waals surface area contributed by atoms with E-state index in [0.717, 1.165) is 0 Å². The van der Waals surface area contributed by atoms with E-state index in [1.807, 2.05) is 0 Å². The molecule has 0 heterocycles. The quantitative estimate of drug-likeness (QED) is 0.845. The van der Waals surface area contributed by atoms with Gasteiger partial charge in [0.2, 0.25) is 0 Å². The van der Waals surface area contributed by atoms with E-state index in [2.05, 4.69) is 0 Å². The Bertz CT molecular complexity index is 413. The van der Waals surface area contributed by atoms with Crippen molar-refractivity contribution in [1.82, 2.24) is 0 Å². The molecule has 3 nitrogen and oxygen atoms in total. The maximum Gasteiger partial charge on any atom is 0.177 e. The molecule has 0 aliphatic carbocycles. The number of hydrogen-bond donors (Lipinski definition) is 1. The second kappa shape index (κ2) is 5.14. The van der Waals surface area contributed by atoms with E-state index in [4.69, 9.17) is 9.47 Å². The fourth-order valence-electron chi connectivity index (χ4n) is 1.62. The molecular weight excluding hydrogens is 243 g/mol. The van der Waals surface area contributed by atoms with Crippen molar-refractivity contribution in [3.63, 3.8) is 0 Å². The molecule has 0 saturated carbocycles. The average Bonchev–Trinajstić information content (AvgIpc) is 2.26. The van der Waals surface area contributed by atoms with Crippen molar-refractivity contribution in [2.24, 2.45) is 0 Å². The minimum Gasteiger partial charge on any atom is -0.492 e. The molecule has 0 amide bonds. The van der Waals surface area contributed by atoms with Gasteiger partial charge in [-0.1, -0.05) is 0 Å². The second-order valence-electron chi connectivity index (χ2n) is 4.06. The zero-order valence-corrected chi connectivity index (χ0v) is 11.4. The molecule has 0 aliphatic heterocycles. The van der Waals surface area contributed by atoms with Crippen LogP contribution in [0.4, 0.5) is 4.39 Å². The van der Waals surface area contributed by atoms with Crippen LogP contribution < -0.4 is 9.47 Å². The predicted octanol–water partition coefficient (Wildman–Crippen LogP) is 2.79. The van der Waals surface area contributed by atoms with Crippen molar-refractivity contribution in [2.45, 2.75) is 24.3 Å². The van der Waals surface area contributed by atoms with E-state index in [0.29, 0.717) is 22.0 Å². The van der Waals surface area contributed by atoms with Crippen LogP contribution in [0.2, 0.25) is 0 Å². The number of rotatable bonds is 4. The first-order valence-corrected chi connectivity index (χ1v) is 6.30. The molecule has 0 aromatic heterocycles. The molecule has 0 radical (unpaired) electrons. The van der Waals surface area contributed by atoms with E-state index in [1.165, 1.54) is 32.0 Å². The van der Waals surface area contributed by atoms with Gasteiger partial charge >= 0.3 is 0 Å². The summed E-state index contributed by atoms with van der Waals surface area (Å²) in [6.07, 6.45) is 1.75. The molecule has 0 aliphatic rings. The van der Waals surface area contributed by atoms with Gasteiger partial charge in [-0.05, 0) is 26.2 Å². The molecule has 5 heteroatoms. The van der Waals surface area contributed by atoms with Crippen LogP contribution in [0.5, 0.6) is 11.5 Å². The Morgan fingerprint density at radius 2 is 1.76 bits per heavy atom. The molecule has 0 atom stereocenters. The van der Waals surface area contributed by atoms with Crippen molar-refractivity contribution in [2.75, 3.05) is 20.5 Å². The lowest BCUT2D eigenvalue weighted by Gasteiger charge is -2.23. The van der Waals surface area contributed by atoms with E-state index in [9.17, 15) is 9.50 Å². The summed E-state index contributed by atoms with van der Waals surface area (Å²) in [5.74, 6) is 0.259. The Labute approximate surface area is 105 Å². The maximum atomic E-state index is 13.9. The first-order valence-electron chi connectivity index (χ1n) is 5.08. The van der Waals surface area contributed by atoms with Gasteiger partial charge in [0.25, 0.3) is 0 Å². The molecule has 0 saturated heterocycles. The number of benzene rings is 1. The highest BCUT2D eigenvalue weighted by molar-refractivity contribution is 7.98. The topological polar surface area (TPSA) is 38.7 Å². The molecule has 0 spiro atoms. The number of ether oxygens (including phenoxy) is 2. The molecule has 17 heavy (non-hydrogen) atoms. The van der Waals surface area contributed by atoms with Gasteiger partial charge in [-0.3, -0.25) is 0 Å². The van der Waals surface area contributed by atoms with Gasteiger partial charge in [-0.25, -0.2) is 4.39 Å². The van der Waals surface area contributed by atoms with Crippen LogP contribution in [0.25, 0.3) is 0 Å². The Hall–Kier alpha value is -0.940. The lowest BCUT2D eigenvalue weighted by atomic mass is 9.96. The van der Waals surface area contributed by atoms with Crippen molar-refractivity contribution < 1.29 is 19.0 Å². The van der Waals surface area contributed by atoms with Crippen molar-refractivity contribution in [3.8, 4) is 11.5 Å². The second-order valence-corrected chi connectivity index (χ2v) is 4.88. The molecule has 1 rings (SSSR count). The third-order valence-electron chi connectivity index (χ3n) is 2.42. The van der Waals surface area contributed by atoms with Crippen LogP contribution in [0.15, 0.2) is 11.0 Å². The minimum atomic E-state index is -1.20. The average molecular weight is 260 g/mol. The summed E-state index contributed by atoms with van der Waals surface area (Å²) in [4.78, 5) is 0.373. The molecular formula is C12H17FO3S. The Kier molecular flexibility index (Phi) is 4.27. The molecule has 1 aromatic carbocycles. The van der Waals surface area contributed by atoms with Gasteiger partial charge in [0.05, 0.1) is 24.7 Å². The Morgan fingerprint density at radius 1 is 1.24 bits per heavy atom. The third-order valence-corrected chi connectivity index (χ3v) is 3.21. The largest absolute Gasteiger partial charge is 0.492 e. The summed E-state index contributed by atoms with van der Waals surface area (Å²) in [6, 6.07) is 1.28. The maximum absolute atomic E-state index is 13.9. The molecule has 1 aromatic rings. The molecule has 1 N–H and O–H groups in total. The number of methoxy groups -OCH3 is 2.